The number of fused-ring (bicyclic) bond motifs is 1. The first-order chi connectivity index (χ1) is 8.61. The van der Waals surface area contributed by atoms with Crippen LogP contribution in [0.25, 0.3) is 11.1 Å². The van der Waals surface area contributed by atoms with E-state index in [9.17, 15) is 9.59 Å². The molecule has 0 saturated carbocycles. The highest BCUT2D eigenvalue weighted by atomic mass is 35.5. The van der Waals surface area contributed by atoms with Gasteiger partial charge >= 0.3 is 5.76 Å². The highest BCUT2D eigenvalue weighted by Crippen LogP contribution is 2.14. The maximum atomic E-state index is 11.3. The Balaban J connectivity index is 2.11. The summed E-state index contributed by atoms with van der Waals surface area (Å²) in [5.74, 6) is -0.603. The van der Waals surface area contributed by atoms with Gasteiger partial charge in [0.1, 0.15) is 5.88 Å². The number of oxazole rings is 1. The fourth-order valence-corrected chi connectivity index (χ4v) is 1.82. The van der Waals surface area contributed by atoms with Gasteiger partial charge in [-0.2, -0.15) is 0 Å². The molecule has 1 N–H and O–H groups in total. The van der Waals surface area contributed by atoms with E-state index >= 15 is 0 Å². The monoisotopic (exact) mass is 268 g/mol. The SMILES string of the molecule is Cn1c(=O)oc2cc(CCNC(=O)CCl)ccc21. The van der Waals surface area contributed by atoms with Crippen molar-refractivity contribution >= 4 is 28.6 Å². The molecular weight excluding hydrogens is 256 g/mol. The molecule has 1 aromatic heterocycles. The second kappa shape index (κ2) is 5.27. The Hall–Kier alpha value is -1.75. The normalized spacial score (nSPS) is 10.8. The first-order valence-corrected chi connectivity index (χ1v) is 6.06. The number of alkyl halides is 1. The number of nitrogens with one attached hydrogen (secondary N) is 1. The molecule has 0 radical (unpaired) electrons. The van der Waals surface area contributed by atoms with E-state index in [0.717, 1.165) is 11.1 Å². The molecule has 0 bridgehead atoms. The molecule has 0 spiro atoms. The van der Waals surface area contributed by atoms with Crippen LogP contribution in [0.4, 0.5) is 0 Å². The summed E-state index contributed by atoms with van der Waals surface area (Å²) < 4.78 is 6.54. The molecule has 0 aliphatic heterocycles. The van der Waals surface area contributed by atoms with Gasteiger partial charge in [0.2, 0.25) is 5.91 Å². The zero-order valence-electron chi connectivity index (χ0n) is 9.90. The van der Waals surface area contributed by atoms with Crippen LogP contribution in [-0.4, -0.2) is 22.9 Å². The van der Waals surface area contributed by atoms with Gasteiger partial charge in [-0.15, -0.1) is 11.6 Å². The Morgan fingerprint density at radius 1 is 1.50 bits per heavy atom. The van der Waals surface area contributed by atoms with Gasteiger partial charge in [0.15, 0.2) is 5.58 Å². The minimum absolute atomic E-state index is 0.0351. The molecule has 0 saturated heterocycles. The van der Waals surface area contributed by atoms with Crippen LogP contribution in [0.1, 0.15) is 5.56 Å². The van der Waals surface area contributed by atoms with Gasteiger partial charge in [-0.25, -0.2) is 4.79 Å². The number of benzene rings is 1. The average Bonchev–Trinajstić information content (AvgIpc) is 2.64. The molecule has 0 aliphatic carbocycles. The predicted octanol–water partition coefficient (Wildman–Crippen LogP) is 1.03. The fourth-order valence-electron chi connectivity index (χ4n) is 1.73. The molecule has 0 fully saturated rings. The summed E-state index contributed by atoms with van der Waals surface area (Å²) in [7, 11) is 1.66. The van der Waals surface area contributed by atoms with E-state index in [1.807, 2.05) is 18.2 Å². The Labute approximate surface area is 108 Å². The van der Waals surface area contributed by atoms with Crippen molar-refractivity contribution in [2.75, 3.05) is 12.4 Å². The van der Waals surface area contributed by atoms with Crippen molar-refractivity contribution in [2.45, 2.75) is 6.42 Å². The number of hydrogen-bond acceptors (Lipinski definition) is 3. The van der Waals surface area contributed by atoms with Crippen LogP contribution < -0.4 is 11.1 Å². The van der Waals surface area contributed by atoms with Crippen molar-refractivity contribution in [3.05, 3.63) is 34.3 Å². The third kappa shape index (κ3) is 2.56. The lowest BCUT2D eigenvalue weighted by Gasteiger charge is -2.03. The van der Waals surface area contributed by atoms with E-state index in [-0.39, 0.29) is 17.5 Å². The number of carbonyl (C=O) groups is 1. The molecule has 1 heterocycles. The molecule has 0 unspecified atom stereocenters. The maximum absolute atomic E-state index is 11.3. The number of hydrogen-bond donors (Lipinski definition) is 1. The van der Waals surface area contributed by atoms with Gasteiger partial charge in [0, 0.05) is 13.6 Å². The lowest BCUT2D eigenvalue weighted by atomic mass is 10.1. The minimum atomic E-state index is -0.377. The van der Waals surface area contributed by atoms with E-state index in [2.05, 4.69) is 5.32 Å². The summed E-state index contributed by atoms with van der Waals surface area (Å²) >= 11 is 5.37. The van der Waals surface area contributed by atoms with Crippen LogP contribution in [0, 0.1) is 0 Å². The third-order valence-corrected chi connectivity index (χ3v) is 2.96. The van der Waals surface area contributed by atoms with Gasteiger partial charge in [-0.05, 0) is 24.1 Å². The summed E-state index contributed by atoms with van der Waals surface area (Å²) in [4.78, 5) is 22.3. The number of rotatable bonds is 4. The first-order valence-electron chi connectivity index (χ1n) is 5.53. The molecule has 1 amide bonds. The lowest BCUT2D eigenvalue weighted by Crippen LogP contribution is -2.26. The van der Waals surface area contributed by atoms with E-state index in [4.69, 9.17) is 16.0 Å². The van der Waals surface area contributed by atoms with Gasteiger partial charge in [0.05, 0.1) is 5.52 Å². The number of aryl methyl sites for hydroxylation is 1. The fraction of sp³-hybridized carbons (Fsp3) is 0.333. The third-order valence-electron chi connectivity index (χ3n) is 2.71. The zero-order valence-corrected chi connectivity index (χ0v) is 10.7. The smallest absolute Gasteiger partial charge is 0.408 e. The van der Waals surface area contributed by atoms with E-state index in [1.165, 1.54) is 4.57 Å². The Kier molecular flexibility index (Phi) is 3.72. The van der Waals surface area contributed by atoms with Crippen LogP contribution >= 0.6 is 11.6 Å². The number of carbonyl (C=O) groups excluding carboxylic acids is 1. The molecular formula is C12H13ClN2O3. The van der Waals surface area contributed by atoms with Gasteiger partial charge in [-0.3, -0.25) is 9.36 Å². The van der Waals surface area contributed by atoms with Crippen molar-refractivity contribution < 1.29 is 9.21 Å². The molecule has 96 valence electrons. The number of aromatic nitrogens is 1. The Morgan fingerprint density at radius 3 is 3.00 bits per heavy atom. The van der Waals surface area contributed by atoms with Crippen LogP contribution in [-0.2, 0) is 18.3 Å². The molecule has 2 rings (SSSR count). The second-order valence-electron chi connectivity index (χ2n) is 3.96. The number of amides is 1. The molecule has 5 nitrogen and oxygen atoms in total. The molecule has 2 aromatic rings. The predicted molar refractivity (Wildman–Crippen MR) is 68.9 cm³/mol. The van der Waals surface area contributed by atoms with Crippen molar-refractivity contribution in [1.82, 2.24) is 9.88 Å². The summed E-state index contributed by atoms with van der Waals surface area (Å²) in [6, 6.07) is 5.55. The van der Waals surface area contributed by atoms with Crippen molar-refractivity contribution in [2.24, 2.45) is 7.05 Å². The van der Waals surface area contributed by atoms with Gasteiger partial charge in [-0.1, -0.05) is 6.07 Å². The maximum Gasteiger partial charge on any atom is 0.419 e. The quantitative estimate of drug-likeness (QED) is 0.843. The molecule has 0 aliphatic rings. The van der Waals surface area contributed by atoms with Crippen molar-refractivity contribution in [3.63, 3.8) is 0 Å². The van der Waals surface area contributed by atoms with Gasteiger partial charge in [0.25, 0.3) is 0 Å². The average molecular weight is 269 g/mol. The molecule has 18 heavy (non-hydrogen) atoms. The molecule has 1 aromatic carbocycles. The topological polar surface area (TPSA) is 64.2 Å². The first kappa shape index (κ1) is 12.7. The van der Waals surface area contributed by atoms with Crippen LogP contribution in [0.15, 0.2) is 27.4 Å². The zero-order chi connectivity index (χ0) is 13.1. The van der Waals surface area contributed by atoms with Gasteiger partial charge < -0.3 is 9.73 Å². The number of halogens is 1. The molecule has 6 heteroatoms. The van der Waals surface area contributed by atoms with Crippen molar-refractivity contribution in [3.8, 4) is 0 Å². The van der Waals surface area contributed by atoms with Crippen LogP contribution in [0.5, 0.6) is 0 Å². The standard InChI is InChI=1S/C12H13ClN2O3/c1-15-9-3-2-8(4-5-14-11(16)7-13)6-10(9)18-12(15)17/h2-3,6H,4-5,7H2,1H3,(H,14,16). The largest absolute Gasteiger partial charge is 0.419 e. The van der Waals surface area contributed by atoms with Crippen LogP contribution in [0.2, 0.25) is 0 Å². The summed E-state index contributed by atoms with van der Waals surface area (Å²) in [5, 5.41) is 2.68. The highest BCUT2D eigenvalue weighted by Gasteiger charge is 2.06. The molecule has 0 atom stereocenters. The van der Waals surface area contributed by atoms with Crippen molar-refractivity contribution in [1.29, 1.82) is 0 Å². The second-order valence-corrected chi connectivity index (χ2v) is 4.23. The summed E-state index contributed by atoms with van der Waals surface area (Å²) in [6.07, 6.45) is 0.664. The summed E-state index contributed by atoms with van der Waals surface area (Å²) in [5.41, 5.74) is 2.31. The van der Waals surface area contributed by atoms with Crippen LogP contribution in [0.3, 0.4) is 0 Å². The highest BCUT2D eigenvalue weighted by molar-refractivity contribution is 6.27. The number of nitrogens with zero attached hydrogens (tertiary/aromatic N) is 1. The Morgan fingerprint density at radius 2 is 2.28 bits per heavy atom. The Bertz CT molecular complexity index is 630. The van der Waals surface area contributed by atoms with E-state index < -0.39 is 0 Å². The lowest BCUT2D eigenvalue weighted by molar-refractivity contribution is -0.118. The van der Waals surface area contributed by atoms with E-state index in [1.54, 1.807) is 7.05 Å². The summed E-state index contributed by atoms with van der Waals surface area (Å²) in [6.45, 7) is 0.508. The van der Waals surface area contributed by atoms with E-state index in [0.29, 0.717) is 18.5 Å². The minimum Gasteiger partial charge on any atom is -0.408 e.